The van der Waals surface area contributed by atoms with Gasteiger partial charge in [-0.3, -0.25) is 0 Å². The summed E-state index contributed by atoms with van der Waals surface area (Å²) >= 11 is 1.94. The summed E-state index contributed by atoms with van der Waals surface area (Å²) in [6, 6.07) is 1.21. The Hall–Kier alpha value is -0.520. The quantitative estimate of drug-likeness (QED) is 0.820. The molecule has 0 aliphatic carbocycles. The Morgan fingerprint density at radius 1 is 1.61 bits per heavy atom. The van der Waals surface area contributed by atoms with Gasteiger partial charge >= 0.3 is 0 Å². The van der Waals surface area contributed by atoms with Crippen LogP contribution in [0.15, 0.2) is 6.33 Å². The minimum absolute atomic E-state index is 0.529. The van der Waals surface area contributed by atoms with Gasteiger partial charge in [0.1, 0.15) is 0 Å². The maximum Gasteiger partial charge on any atom is 0.0925 e. The number of H-pyrrole nitrogens is 1. The summed E-state index contributed by atoms with van der Waals surface area (Å²) in [5, 5.41) is 3.59. The summed E-state index contributed by atoms with van der Waals surface area (Å²) in [4.78, 5) is 10.1. The maximum atomic E-state index is 4.40. The number of aromatic amines is 1. The molecule has 0 amide bonds. The van der Waals surface area contributed by atoms with E-state index in [4.69, 9.17) is 0 Å². The SMILES string of the molecule is CCC(CSC)N(C)CC1Cc2nc[nH]c2CN1. The summed E-state index contributed by atoms with van der Waals surface area (Å²) in [6.45, 7) is 4.30. The molecule has 0 fully saturated rings. The highest BCUT2D eigenvalue weighted by atomic mass is 32.2. The van der Waals surface area contributed by atoms with Crippen molar-refractivity contribution >= 4 is 11.8 Å². The Labute approximate surface area is 114 Å². The molecule has 5 heteroatoms. The summed E-state index contributed by atoms with van der Waals surface area (Å²) in [5.41, 5.74) is 2.50. The lowest BCUT2D eigenvalue weighted by atomic mass is 10.0. The van der Waals surface area contributed by atoms with Gasteiger partial charge in [0, 0.05) is 37.3 Å². The number of rotatable bonds is 6. The molecule has 4 nitrogen and oxygen atoms in total. The van der Waals surface area contributed by atoms with Crippen LogP contribution in [0.3, 0.4) is 0 Å². The van der Waals surface area contributed by atoms with Crippen LogP contribution < -0.4 is 5.32 Å². The van der Waals surface area contributed by atoms with E-state index in [-0.39, 0.29) is 0 Å². The van der Waals surface area contributed by atoms with Gasteiger partial charge in [-0.05, 0) is 19.7 Å². The van der Waals surface area contributed by atoms with Crippen LogP contribution >= 0.6 is 11.8 Å². The van der Waals surface area contributed by atoms with Gasteiger partial charge < -0.3 is 15.2 Å². The molecule has 0 bridgehead atoms. The predicted octanol–water partition coefficient (Wildman–Crippen LogP) is 1.50. The lowest BCUT2D eigenvalue weighted by molar-refractivity contribution is 0.221. The molecule has 2 unspecified atom stereocenters. The van der Waals surface area contributed by atoms with Crippen molar-refractivity contribution in [2.24, 2.45) is 0 Å². The van der Waals surface area contributed by atoms with Crippen molar-refractivity contribution in [1.29, 1.82) is 0 Å². The fourth-order valence-electron chi connectivity index (χ4n) is 2.61. The van der Waals surface area contributed by atoms with E-state index in [0.29, 0.717) is 12.1 Å². The Morgan fingerprint density at radius 3 is 3.17 bits per heavy atom. The molecular formula is C13H24N4S. The monoisotopic (exact) mass is 268 g/mol. The average Bonchev–Trinajstić information content (AvgIpc) is 2.83. The van der Waals surface area contributed by atoms with Crippen molar-refractivity contribution < 1.29 is 0 Å². The van der Waals surface area contributed by atoms with E-state index in [1.165, 1.54) is 23.6 Å². The molecule has 2 N–H and O–H groups in total. The fourth-order valence-corrected chi connectivity index (χ4v) is 3.48. The average molecular weight is 268 g/mol. The summed E-state index contributed by atoms with van der Waals surface area (Å²) < 4.78 is 0. The van der Waals surface area contributed by atoms with E-state index in [1.54, 1.807) is 6.33 Å². The number of fused-ring (bicyclic) bond motifs is 1. The number of hydrogen-bond donors (Lipinski definition) is 2. The second-order valence-corrected chi connectivity index (χ2v) is 5.98. The van der Waals surface area contributed by atoms with Gasteiger partial charge in [-0.25, -0.2) is 4.98 Å². The minimum Gasteiger partial charge on any atom is -0.347 e. The Kier molecular flexibility index (Phi) is 5.09. The number of likely N-dealkylation sites (N-methyl/N-ethyl adjacent to an activating group) is 1. The van der Waals surface area contributed by atoms with Crippen molar-refractivity contribution in [3.05, 3.63) is 17.7 Å². The lowest BCUT2D eigenvalue weighted by Gasteiger charge is -2.32. The topological polar surface area (TPSA) is 44.0 Å². The van der Waals surface area contributed by atoms with Crippen molar-refractivity contribution in [2.45, 2.75) is 38.4 Å². The molecule has 0 radical (unpaired) electrons. The van der Waals surface area contributed by atoms with Crippen LogP contribution in [0.5, 0.6) is 0 Å². The second-order valence-electron chi connectivity index (χ2n) is 5.07. The van der Waals surface area contributed by atoms with Gasteiger partial charge in [-0.2, -0.15) is 11.8 Å². The summed E-state index contributed by atoms with van der Waals surface area (Å²) in [5.74, 6) is 1.22. The zero-order chi connectivity index (χ0) is 13.0. The third kappa shape index (κ3) is 3.28. The molecule has 2 atom stereocenters. The number of aromatic nitrogens is 2. The van der Waals surface area contributed by atoms with E-state index < -0.39 is 0 Å². The van der Waals surface area contributed by atoms with Crippen LogP contribution in [0.4, 0.5) is 0 Å². The van der Waals surface area contributed by atoms with Gasteiger partial charge in [0.05, 0.1) is 17.7 Å². The zero-order valence-electron chi connectivity index (χ0n) is 11.6. The fraction of sp³-hybridized carbons (Fsp3) is 0.769. The summed E-state index contributed by atoms with van der Waals surface area (Å²) in [7, 11) is 2.24. The third-order valence-corrected chi connectivity index (χ3v) is 4.49. The molecule has 18 heavy (non-hydrogen) atoms. The van der Waals surface area contributed by atoms with Crippen molar-refractivity contribution in [2.75, 3.05) is 25.6 Å². The zero-order valence-corrected chi connectivity index (χ0v) is 12.4. The van der Waals surface area contributed by atoms with Crippen LogP contribution in [-0.2, 0) is 13.0 Å². The van der Waals surface area contributed by atoms with Crippen molar-refractivity contribution in [3.8, 4) is 0 Å². The molecule has 0 spiro atoms. The van der Waals surface area contributed by atoms with Gasteiger partial charge in [-0.15, -0.1) is 0 Å². The smallest absolute Gasteiger partial charge is 0.0925 e. The van der Waals surface area contributed by atoms with Crippen LogP contribution in [0.25, 0.3) is 0 Å². The third-order valence-electron chi connectivity index (χ3n) is 3.78. The second kappa shape index (κ2) is 6.59. The predicted molar refractivity (Wildman–Crippen MR) is 78.0 cm³/mol. The number of nitrogens with one attached hydrogen (secondary N) is 2. The molecule has 2 heterocycles. The van der Waals surface area contributed by atoms with E-state index in [2.05, 4.69) is 40.4 Å². The molecule has 1 aromatic heterocycles. The van der Waals surface area contributed by atoms with E-state index in [9.17, 15) is 0 Å². The van der Waals surface area contributed by atoms with Gasteiger partial charge in [0.15, 0.2) is 0 Å². The number of imidazole rings is 1. The first-order chi connectivity index (χ1) is 8.74. The molecule has 1 aliphatic rings. The molecule has 1 aromatic rings. The Morgan fingerprint density at radius 2 is 2.44 bits per heavy atom. The highest BCUT2D eigenvalue weighted by Crippen LogP contribution is 2.15. The molecule has 1 aliphatic heterocycles. The lowest BCUT2D eigenvalue weighted by Crippen LogP contribution is -2.47. The summed E-state index contributed by atoms with van der Waals surface area (Å²) in [6.07, 6.45) is 6.25. The highest BCUT2D eigenvalue weighted by molar-refractivity contribution is 7.98. The minimum atomic E-state index is 0.529. The largest absolute Gasteiger partial charge is 0.347 e. The molecule has 0 saturated carbocycles. The number of nitrogens with zero attached hydrogens (tertiary/aromatic N) is 2. The van der Waals surface area contributed by atoms with E-state index in [0.717, 1.165) is 19.5 Å². The van der Waals surface area contributed by atoms with Gasteiger partial charge in [0.2, 0.25) is 0 Å². The number of thioether (sulfide) groups is 1. The van der Waals surface area contributed by atoms with Crippen LogP contribution in [-0.4, -0.2) is 52.6 Å². The standard InChI is InChI=1S/C13H24N4S/c1-4-11(8-18-3)17(2)7-10-5-12-13(6-14-10)16-9-15-12/h9-11,14H,4-8H2,1-3H3,(H,15,16). The van der Waals surface area contributed by atoms with Gasteiger partial charge in [-0.1, -0.05) is 6.92 Å². The number of hydrogen-bond acceptors (Lipinski definition) is 4. The van der Waals surface area contributed by atoms with Crippen LogP contribution in [0.1, 0.15) is 24.7 Å². The highest BCUT2D eigenvalue weighted by Gasteiger charge is 2.23. The molecule has 102 valence electrons. The molecule has 2 rings (SSSR count). The van der Waals surface area contributed by atoms with Crippen LogP contribution in [0, 0.1) is 0 Å². The van der Waals surface area contributed by atoms with Gasteiger partial charge in [0.25, 0.3) is 0 Å². The molecule has 0 saturated heterocycles. The van der Waals surface area contributed by atoms with Crippen LogP contribution in [0.2, 0.25) is 0 Å². The molecule has 0 aromatic carbocycles. The Bertz CT molecular complexity index is 366. The van der Waals surface area contributed by atoms with Crippen molar-refractivity contribution in [1.82, 2.24) is 20.2 Å². The first-order valence-corrected chi connectivity index (χ1v) is 8.07. The Balaban J connectivity index is 1.87. The normalized spacial score (nSPS) is 21.0. The first-order valence-electron chi connectivity index (χ1n) is 6.68. The maximum absolute atomic E-state index is 4.40. The van der Waals surface area contributed by atoms with E-state index >= 15 is 0 Å². The van der Waals surface area contributed by atoms with Crippen molar-refractivity contribution in [3.63, 3.8) is 0 Å². The molecular weight excluding hydrogens is 244 g/mol. The first kappa shape index (κ1) is 13.9. The van der Waals surface area contributed by atoms with E-state index in [1.807, 2.05) is 11.8 Å².